The van der Waals surface area contributed by atoms with Crippen LogP contribution in [0.15, 0.2) is 48.5 Å². The highest BCUT2D eigenvalue weighted by Gasteiger charge is 2.46. The van der Waals surface area contributed by atoms with E-state index in [0.29, 0.717) is 18.1 Å². The van der Waals surface area contributed by atoms with Crippen molar-refractivity contribution in [1.29, 1.82) is 0 Å². The van der Waals surface area contributed by atoms with Gasteiger partial charge in [-0.25, -0.2) is 18.7 Å². The number of carbonyl (C=O) groups excluding carboxylic acids is 2. The Morgan fingerprint density at radius 1 is 0.968 bits per heavy atom. The minimum absolute atomic E-state index is 0.00347. The molecule has 4 N–H and O–H groups in total. The van der Waals surface area contributed by atoms with Crippen LogP contribution < -0.4 is 10.8 Å². The summed E-state index contributed by atoms with van der Waals surface area (Å²) in [4.78, 5) is 23.9. The molecular weight excluding hydrogens is 413 g/mol. The third-order valence-corrected chi connectivity index (χ3v) is 4.14. The molecule has 2 aromatic rings. The summed E-state index contributed by atoms with van der Waals surface area (Å²) in [5.74, 6) is 7.97. The Kier molecular flexibility index (Phi) is 7.81. The molecule has 2 aromatic carbocycles. The summed E-state index contributed by atoms with van der Waals surface area (Å²) in [6, 6.07) is 9.05. The fraction of sp³-hybridized carbons (Fsp3) is 0.182. The smallest absolute Gasteiger partial charge is 0.269 e. The van der Waals surface area contributed by atoms with Gasteiger partial charge in [-0.05, 0) is 67.3 Å². The lowest BCUT2D eigenvalue weighted by molar-refractivity contribution is -0.149. The van der Waals surface area contributed by atoms with E-state index in [2.05, 4.69) is 23.7 Å². The van der Waals surface area contributed by atoms with Crippen molar-refractivity contribution >= 4 is 11.8 Å². The van der Waals surface area contributed by atoms with Crippen molar-refractivity contribution in [2.45, 2.75) is 25.0 Å². The van der Waals surface area contributed by atoms with Crippen LogP contribution in [0.3, 0.4) is 0 Å². The number of amides is 2. The first-order valence-corrected chi connectivity index (χ1v) is 8.78. The van der Waals surface area contributed by atoms with Gasteiger partial charge < -0.3 is 10.4 Å². The van der Waals surface area contributed by atoms with Crippen molar-refractivity contribution in [3.63, 3.8) is 0 Å². The molecule has 0 spiro atoms. The average molecular weight is 430 g/mol. The molecule has 2 rings (SSSR count). The number of carbonyl (C=O) groups is 2. The SMILES string of the molecule is CC(O)(C(F)F)[C@H](NC(=O)c1ccc(C#CC#Cc2ccc(F)cc2)cc1)C(=O)NO. The first-order valence-electron chi connectivity index (χ1n) is 8.78. The zero-order valence-corrected chi connectivity index (χ0v) is 16.1. The Hall–Kier alpha value is -3.79. The van der Waals surface area contributed by atoms with Crippen LogP contribution >= 0.6 is 0 Å². The number of hydrogen-bond donors (Lipinski definition) is 4. The number of nitrogens with one attached hydrogen (secondary N) is 2. The van der Waals surface area contributed by atoms with E-state index in [-0.39, 0.29) is 11.4 Å². The summed E-state index contributed by atoms with van der Waals surface area (Å²) in [5.41, 5.74) is -0.696. The molecule has 9 heteroatoms. The highest BCUT2D eigenvalue weighted by Crippen LogP contribution is 2.20. The highest BCUT2D eigenvalue weighted by molar-refractivity contribution is 5.97. The number of alkyl halides is 2. The number of hydrogen-bond acceptors (Lipinski definition) is 4. The van der Waals surface area contributed by atoms with Crippen LogP contribution in [0, 0.1) is 29.5 Å². The second kappa shape index (κ2) is 10.3. The van der Waals surface area contributed by atoms with E-state index >= 15 is 0 Å². The van der Waals surface area contributed by atoms with Crippen LogP contribution in [0.5, 0.6) is 0 Å². The van der Waals surface area contributed by atoms with Crippen LogP contribution in [-0.4, -0.2) is 40.2 Å². The third-order valence-electron chi connectivity index (χ3n) is 4.14. The minimum Gasteiger partial charge on any atom is -0.381 e. The van der Waals surface area contributed by atoms with E-state index in [1.165, 1.54) is 48.5 Å². The molecule has 1 unspecified atom stereocenters. The van der Waals surface area contributed by atoms with Crippen LogP contribution in [0.2, 0.25) is 0 Å². The molecule has 0 heterocycles. The molecule has 0 fully saturated rings. The summed E-state index contributed by atoms with van der Waals surface area (Å²) in [5, 5.41) is 20.5. The molecule has 0 saturated heterocycles. The van der Waals surface area contributed by atoms with Crippen LogP contribution in [-0.2, 0) is 4.79 Å². The second-order valence-corrected chi connectivity index (χ2v) is 6.49. The molecule has 0 aliphatic rings. The van der Waals surface area contributed by atoms with Gasteiger partial charge in [0.2, 0.25) is 0 Å². The Labute approximate surface area is 176 Å². The van der Waals surface area contributed by atoms with E-state index in [1.807, 2.05) is 5.32 Å². The average Bonchev–Trinajstić information content (AvgIpc) is 2.75. The fourth-order valence-corrected chi connectivity index (χ4v) is 2.33. The molecule has 6 nitrogen and oxygen atoms in total. The predicted octanol–water partition coefficient (Wildman–Crippen LogP) is 1.85. The first kappa shape index (κ1) is 23.5. The quantitative estimate of drug-likeness (QED) is 0.331. The largest absolute Gasteiger partial charge is 0.381 e. The monoisotopic (exact) mass is 430 g/mol. The maximum absolute atomic E-state index is 13.0. The molecule has 0 aliphatic heterocycles. The lowest BCUT2D eigenvalue weighted by Crippen LogP contribution is -2.61. The van der Waals surface area contributed by atoms with Crippen LogP contribution in [0.1, 0.15) is 28.4 Å². The Bertz CT molecular complexity index is 1060. The van der Waals surface area contributed by atoms with Gasteiger partial charge in [0.05, 0.1) is 0 Å². The van der Waals surface area contributed by atoms with Crippen molar-refractivity contribution in [2.75, 3.05) is 0 Å². The van der Waals surface area contributed by atoms with Gasteiger partial charge in [-0.2, -0.15) is 0 Å². The van der Waals surface area contributed by atoms with Crippen LogP contribution in [0.25, 0.3) is 0 Å². The van der Waals surface area contributed by atoms with Gasteiger partial charge in [-0.15, -0.1) is 0 Å². The third kappa shape index (κ3) is 6.34. The molecule has 0 bridgehead atoms. The second-order valence-electron chi connectivity index (χ2n) is 6.49. The van der Waals surface area contributed by atoms with Crippen molar-refractivity contribution in [2.24, 2.45) is 0 Å². The van der Waals surface area contributed by atoms with Crippen molar-refractivity contribution < 1.29 is 33.1 Å². The summed E-state index contributed by atoms with van der Waals surface area (Å²) in [7, 11) is 0. The highest BCUT2D eigenvalue weighted by atomic mass is 19.3. The molecule has 0 aliphatic carbocycles. The molecule has 2 atom stereocenters. The van der Waals surface area contributed by atoms with Gasteiger partial charge in [0.1, 0.15) is 11.9 Å². The predicted molar refractivity (Wildman–Crippen MR) is 104 cm³/mol. The molecule has 0 aromatic heterocycles. The zero-order valence-electron chi connectivity index (χ0n) is 16.1. The standard InChI is InChI=1S/C22H17F3N2O4/c1-22(30,21(24)25)18(20(29)27-31)26-19(28)16-10-6-14(7-11-16)4-2-3-5-15-8-12-17(23)13-9-15/h6-13,18,21,30-31H,1H3,(H,26,28)(H,27,29)/t18-,22?/m1/s1. The number of halogens is 3. The van der Waals surface area contributed by atoms with E-state index in [4.69, 9.17) is 5.21 Å². The van der Waals surface area contributed by atoms with Gasteiger partial charge in [0, 0.05) is 16.7 Å². The van der Waals surface area contributed by atoms with Crippen molar-refractivity contribution in [3.8, 4) is 23.7 Å². The molecule has 0 radical (unpaired) electrons. The Morgan fingerprint density at radius 2 is 1.45 bits per heavy atom. The van der Waals surface area contributed by atoms with Gasteiger partial charge in [0.25, 0.3) is 18.2 Å². The molecule has 0 saturated carbocycles. The van der Waals surface area contributed by atoms with E-state index < -0.39 is 29.9 Å². The Balaban J connectivity index is 2.10. The molecule has 2 amide bonds. The maximum Gasteiger partial charge on any atom is 0.269 e. The van der Waals surface area contributed by atoms with Crippen molar-refractivity contribution in [1.82, 2.24) is 10.8 Å². The summed E-state index contributed by atoms with van der Waals surface area (Å²) >= 11 is 0. The number of benzene rings is 2. The number of aliphatic hydroxyl groups is 1. The number of rotatable bonds is 5. The minimum atomic E-state index is -3.37. The van der Waals surface area contributed by atoms with E-state index in [0.717, 1.165) is 5.48 Å². The molecule has 31 heavy (non-hydrogen) atoms. The van der Waals surface area contributed by atoms with Gasteiger partial charge in [-0.3, -0.25) is 14.8 Å². The first-order chi connectivity index (χ1) is 14.6. The summed E-state index contributed by atoms with van der Waals surface area (Å²) in [6.45, 7) is 0.656. The van der Waals surface area contributed by atoms with E-state index in [9.17, 15) is 27.9 Å². The summed E-state index contributed by atoms with van der Waals surface area (Å²) < 4.78 is 38.9. The molecular formula is C22H17F3N2O4. The summed E-state index contributed by atoms with van der Waals surface area (Å²) in [6.07, 6.45) is -3.37. The topological polar surface area (TPSA) is 98.7 Å². The Morgan fingerprint density at radius 3 is 1.90 bits per heavy atom. The lowest BCUT2D eigenvalue weighted by atomic mass is 9.95. The molecule has 160 valence electrons. The maximum atomic E-state index is 13.0. The zero-order chi connectivity index (χ0) is 23.0. The lowest BCUT2D eigenvalue weighted by Gasteiger charge is -2.30. The fourth-order valence-electron chi connectivity index (χ4n) is 2.33. The van der Waals surface area contributed by atoms with Crippen molar-refractivity contribution in [3.05, 3.63) is 71.0 Å². The van der Waals surface area contributed by atoms with E-state index in [1.54, 1.807) is 0 Å². The number of hydroxylamine groups is 1. The van der Waals surface area contributed by atoms with Gasteiger partial charge in [0.15, 0.2) is 5.60 Å². The van der Waals surface area contributed by atoms with Gasteiger partial charge >= 0.3 is 0 Å². The van der Waals surface area contributed by atoms with Crippen LogP contribution in [0.4, 0.5) is 13.2 Å². The van der Waals surface area contributed by atoms with Gasteiger partial charge in [-0.1, -0.05) is 11.8 Å². The normalized spacial score (nSPS) is 13.0.